The second-order valence-electron chi connectivity index (χ2n) is 9.02. The molecule has 6 nitrogen and oxygen atoms in total. The number of carbonyl (C=O) groups is 1. The fraction of sp³-hybridized carbons (Fsp3) is 0.810. The van der Waals surface area contributed by atoms with Crippen LogP contribution in [0.2, 0.25) is 0 Å². The van der Waals surface area contributed by atoms with Crippen LogP contribution in [0.5, 0.6) is 0 Å². The van der Waals surface area contributed by atoms with Crippen molar-refractivity contribution < 1.29 is 9.90 Å². The number of hydrogen-bond acceptors (Lipinski definition) is 4. The van der Waals surface area contributed by atoms with E-state index in [1.165, 1.54) is 45.3 Å². The van der Waals surface area contributed by atoms with Crippen molar-refractivity contribution in [3.05, 3.63) is 18.0 Å². The van der Waals surface area contributed by atoms with Gasteiger partial charge in [-0.25, -0.2) is 0 Å². The molecule has 3 heterocycles. The molecular weight excluding hydrogens is 340 g/mol. The van der Waals surface area contributed by atoms with Gasteiger partial charge < -0.3 is 14.9 Å². The van der Waals surface area contributed by atoms with Crippen LogP contribution in [0.1, 0.15) is 44.2 Å². The van der Waals surface area contributed by atoms with Gasteiger partial charge in [-0.1, -0.05) is 0 Å². The van der Waals surface area contributed by atoms with Crippen LogP contribution >= 0.6 is 0 Å². The zero-order valence-corrected chi connectivity index (χ0v) is 16.6. The fourth-order valence-corrected chi connectivity index (χ4v) is 5.14. The Balaban J connectivity index is 1.30. The minimum Gasteiger partial charge on any atom is -0.396 e. The molecule has 4 rings (SSSR count). The molecule has 0 aromatic carbocycles. The Kier molecular flexibility index (Phi) is 5.55. The van der Waals surface area contributed by atoms with Gasteiger partial charge in [0.15, 0.2) is 0 Å². The number of amides is 1. The summed E-state index contributed by atoms with van der Waals surface area (Å²) in [4.78, 5) is 17.4. The van der Waals surface area contributed by atoms with Gasteiger partial charge in [0.1, 0.15) is 0 Å². The molecule has 6 heteroatoms. The highest BCUT2D eigenvalue weighted by atomic mass is 16.3. The predicted molar refractivity (Wildman–Crippen MR) is 104 cm³/mol. The maximum absolute atomic E-state index is 12.7. The quantitative estimate of drug-likeness (QED) is 0.823. The number of aliphatic hydroxyl groups excluding tert-OH is 1. The Morgan fingerprint density at radius 2 is 2.00 bits per heavy atom. The smallest absolute Gasteiger partial charge is 0.222 e. The van der Waals surface area contributed by atoms with Crippen LogP contribution in [0.4, 0.5) is 0 Å². The van der Waals surface area contributed by atoms with Gasteiger partial charge in [0.25, 0.3) is 0 Å². The lowest BCUT2D eigenvalue weighted by Crippen LogP contribution is -2.54. The third kappa shape index (κ3) is 4.21. The Hall–Kier alpha value is -1.40. The molecule has 1 N–H and O–H groups in total. The average Bonchev–Trinajstić information content (AvgIpc) is 3.41. The van der Waals surface area contributed by atoms with E-state index in [1.54, 1.807) is 6.20 Å². The van der Waals surface area contributed by atoms with E-state index in [0.29, 0.717) is 6.42 Å². The monoisotopic (exact) mass is 374 g/mol. The molecule has 1 saturated carbocycles. The van der Waals surface area contributed by atoms with Gasteiger partial charge >= 0.3 is 0 Å². The van der Waals surface area contributed by atoms with Crippen molar-refractivity contribution in [3.63, 3.8) is 0 Å². The molecule has 1 spiro atoms. The van der Waals surface area contributed by atoms with Crippen molar-refractivity contribution in [2.24, 2.45) is 24.3 Å². The summed E-state index contributed by atoms with van der Waals surface area (Å²) in [5.41, 5.74) is 1.34. The van der Waals surface area contributed by atoms with Crippen LogP contribution in [0, 0.1) is 17.3 Å². The lowest BCUT2D eigenvalue weighted by atomic mass is 9.64. The lowest BCUT2D eigenvalue weighted by Gasteiger charge is -2.51. The number of piperidine rings is 2. The van der Waals surface area contributed by atoms with E-state index in [-0.39, 0.29) is 23.8 Å². The van der Waals surface area contributed by atoms with Crippen molar-refractivity contribution >= 4 is 5.91 Å². The van der Waals surface area contributed by atoms with Crippen molar-refractivity contribution in [2.75, 3.05) is 39.3 Å². The number of nitrogens with zero attached hydrogens (tertiary/aromatic N) is 4. The molecule has 150 valence electrons. The van der Waals surface area contributed by atoms with Gasteiger partial charge in [0, 0.05) is 57.5 Å². The molecule has 1 aromatic heterocycles. The van der Waals surface area contributed by atoms with Gasteiger partial charge in [-0.2, -0.15) is 5.10 Å². The number of carbonyl (C=O) groups excluding carboxylic acids is 1. The summed E-state index contributed by atoms with van der Waals surface area (Å²) in [5, 5.41) is 14.3. The van der Waals surface area contributed by atoms with E-state index in [4.69, 9.17) is 0 Å². The molecule has 1 atom stereocenters. The first-order chi connectivity index (χ1) is 13.1. The van der Waals surface area contributed by atoms with Gasteiger partial charge in [0.2, 0.25) is 5.91 Å². The second kappa shape index (κ2) is 7.92. The summed E-state index contributed by atoms with van der Waals surface area (Å²) >= 11 is 0. The van der Waals surface area contributed by atoms with E-state index >= 15 is 0 Å². The molecular formula is C21H34N4O2. The first-order valence-electron chi connectivity index (χ1n) is 10.7. The maximum Gasteiger partial charge on any atom is 0.222 e. The minimum atomic E-state index is 0.203. The highest BCUT2D eigenvalue weighted by Gasteiger charge is 2.45. The van der Waals surface area contributed by atoms with Gasteiger partial charge in [0.05, 0.1) is 0 Å². The molecule has 3 aliphatic rings. The molecule has 1 amide bonds. The molecule has 2 aliphatic heterocycles. The molecule has 27 heavy (non-hydrogen) atoms. The van der Waals surface area contributed by atoms with Crippen LogP contribution in [-0.4, -0.2) is 69.9 Å². The zero-order valence-electron chi connectivity index (χ0n) is 16.6. The Bertz CT molecular complexity index is 646. The Labute approximate surface area is 162 Å². The van der Waals surface area contributed by atoms with Crippen LogP contribution in [0.25, 0.3) is 0 Å². The number of rotatable bonds is 6. The summed E-state index contributed by atoms with van der Waals surface area (Å²) in [6, 6.07) is 1.98. The molecule has 0 bridgehead atoms. The summed E-state index contributed by atoms with van der Waals surface area (Å²) < 4.78 is 1.84. The fourth-order valence-electron chi connectivity index (χ4n) is 5.14. The third-order valence-corrected chi connectivity index (χ3v) is 7.34. The van der Waals surface area contributed by atoms with Crippen LogP contribution in [0.15, 0.2) is 12.3 Å². The zero-order chi connectivity index (χ0) is 18.9. The molecule has 1 aromatic rings. The predicted octanol–water partition coefficient (Wildman–Crippen LogP) is 1.69. The summed E-state index contributed by atoms with van der Waals surface area (Å²) in [6.07, 6.45) is 9.28. The number of hydrogen-bond donors (Lipinski definition) is 1. The number of aliphatic hydroxyl groups is 1. The number of aromatic nitrogens is 2. The van der Waals surface area contributed by atoms with E-state index in [1.807, 2.05) is 22.7 Å². The maximum atomic E-state index is 12.7. The largest absolute Gasteiger partial charge is 0.396 e. The molecule has 1 aliphatic carbocycles. The van der Waals surface area contributed by atoms with E-state index in [0.717, 1.165) is 37.5 Å². The SMILES string of the molecule is Cn1nccc1CCC(=O)N1CCC2(CCN(CC3CC3)CC2)[C@@H](CO)C1. The van der Waals surface area contributed by atoms with E-state index in [2.05, 4.69) is 10.00 Å². The van der Waals surface area contributed by atoms with Gasteiger partial charge in [-0.15, -0.1) is 0 Å². The first kappa shape index (κ1) is 18.9. The van der Waals surface area contributed by atoms with Crippen LogP contribution in [0.3, 0.4) is 0 Å². The van der Waals surface area contributed by atoms with Crippen LogP contribution < -0.4 is 0 Å². The minimum absolute atomic E-state index is 0.203. The standard InChI is InChI=1S/C21H34N4O2/c1-23-19(6-10-22-23)4-5-20(27)25-13-9-21(18(15-25)16-26)7-11-24(12-8-21)14-17-2-3-17/h6,10,17-18,26H,2-5,7-9,11-16H2,1H3/t18-/m1/s1. The molecule has 0 radical (unpaired) electrons. The number of likely N-dealkylation sites (tertiary alicyclic amines) is 2. The number of aryl methyl sites for hydroxylation is 2. The lowest BCUT2D eigenvalue weighted by molar-refractivity contribution is -0.138. The van der Waals surface area contributed by atoms with Gasteiger partial charge in [-0.3, -0.25) is 9.48 Å². The summed E-state index contributed by atoms with van der Waals surface area (Å²) in [6.45, 7) is 5.39. The van der Waals surface area contributed by atoms with E-state index in [9.17, 15) is 9.90 Å². The normalized spacial score (nSPS) is 25.9. The second-order valence-corrected chi connectivity index (χ2v) is 9.02. The topological polar surface area (TPSA) is 61.6 Å². The van der Waals surface area contributed by atoms with Crippen molar-refractivity contribution in [1.82, 2.24) is 19.6 Å². The molecule has 3 fully saturated rings. The highest BCUT2D eigenvalue weighted by Crippen LogP contribution is 2.45. The van der Waals surface area contributed by atoms with E-state index < -0.39 is 0 Å². The third-order valence-electron chi connectivity index (χ3n) is 7.34. The Morgan fingerprint density at radius 1 is 1.26 bits per heavy atom. The van der Waals surface area contributed by atoms with Crippen LogP contribution in [-0.2, 0) is 18.3 Å². The average molecular weight is 375 g/mol. The van der Waals surface area contributed by atoms with Crippen molar-refractivity contribution in [1.29, 1.82) is 0 Å². The molecule has 0 unspecified atom stereocenters. The molecule has 2 saturated heterocycles. The Morgan fingerprint density at radius 3 is 2.63 bits per heavy atom. The highest BCUT2D eigenvalue weighted by molar-refractivity contribution is 5.76. The van der Waals surface area contributed by atoms with Crippen molar-refractivity contribution in [2.45, 2.75) is 44.9 Å². The summed E-state index contributed by atoms with van der Waals surface area (Å²) in [7, 11) is 1.92. The van der Waals surface area contributed by atoms with Gasteiger partial charge in [-0.05, 0) is 69.0 Å². The first-order valence-corrected chi connectivity index (χ1v) is 10.7. The van der Waals surface area contributed by atoms with Crippen molar-refractivity contribution in [3.8, 4) is 0 Å². The summed E-state index contributed by atoms with van der Waals surface area (Å²) in [5.74, 6) is 1.40.